The number of nitrogens with one attached hydrogen (secondary N) is 1. The van der Waals surface area contributed by atoms with Gasteiger partial charge in [0.2, 0.25) is 0 Å². The highest BCUT2D eigenvalue weighted by Gasteiger charge is 2.13. The lowest BCUT2D eigenvalue weighted by molar-refractivity contribution is 0.167. The zero-order valence-corrected chi connectivity index (χ0v) is 9.87. The molecular weight excluding hydrogens is 190 g/mol. The fourth-order valence-electron chi connectivity index (χ4n) is 1.59. The summed E-state index contributed by atoms with van der Waals surface area (Å²) in [7, 11) is 1.71. The second-order valence-corrected chi connectivity index (χ2v) is 3.59. The first kappa shape index (κ1) is 12.1. The fourth-order valence-corrected chi connectivity index (χ4v) is 1.59. The molecule has 1 rings (SSSR count). The van der Waals surface area contributed by atoms with E-state index in [1.165, 1.54) is 5.56 Å². The van der Waals surface area contributed by atoms with Gasteiger partial charge in [-0.1, -0.05) is 6.92 Å². The third-order valence-electron chi connectivity index (χ3n) is 2.30. The van der Waals surface area contributed by atoms with Crippen LogP contribution in [0, 0.1) is 13.8 Å². The third kappa shape index (κ3) is 3.25. The van der Waals surface area contributed by atoms with Crippen molar-refractivity contribution in [3.8, 4) is 0 Å². The molecular formula is C11H19N3O. The average molecular weight is 209 g/mol. The molecule has 0 aliphatic carbocycles. The largest absolute Gasteiger partial charge is 0.383 e. The van der Waals surface area contributed by atoms with Crippen LogP contribution in [0.1, 0.15) is 29.9 Å². The lowest BCUT2D eigenvalue weighted by atomic mass is 10.1. The highest BCUT2D eigenvalue weighted by Crippen LogP contribution is 2.16. The highest BCUT2D eigenvalue weighted by atomic mass is 16.5. The molecule has 0 aliphatic heterocycles. The molecule has 0 bridgehead atoms. The quantitative estimate of drug-likeness (QED) is 0.796. The van der Waals surface area contributed by atoms with E-state index in [-0.39, 0.29) is 6.04 Å². The molecule has 1 unspecified atom stereocenters. The number of methoxy groups -OCH3 is 1. The van der Waals surface area contributed by atoms with Crippen molar-refractivity contribution in [1.29, 1.82) is 0 Å². The lowest BCUT2D eigenvalue weighted by Gasteiger charge is -2.18. The van der Waals surface area contributed by atoms with Crippen LogP contribution in [0.4, 0.5) is 0 Å². The normalized spacial score (nSPS) is 12.8. The highest BCUT2D eigenvalue weighted by molar-refractivity contribution is 5.23. The van der Waals surface area contributed by atoms with Gasteiger partial charge in [-0.3, -0.25) is 0 Å². The van der Waals surface area contributed by atoms with Crippen LogP contribution in [0.15, 0.2) is 6.07 Å². The first-order chi connectivity index (χ1) is 7.19. The summed E-state index contributed by atoms with van der Waals surface area (Å²) >= 11 is 0. The van der Waals surface area contributed by atoms with Gasteiger partial charge in [0.1, 0.15) is 0 Å². The molecule has 15 heavy (non-hydrogen) atoms. The van der Waals surface area contributed by atoms with E-state index >= 15 is 0 Å². The van der Waals surface area contributed by atoms with Gasteiger partial charge in [-0.25, -0.2) is 0 Å². The first-order valence-corrected chi connectivity index (χ1v) is 5.22. The van der Waals surface area contributed by atoms with Crippen LogP contribution < -0.4 is 5.32 Å². The van der Waals surface area contributed by atoms with E-state index in [2.05, 4.69) is 28.5 Å². The van der Waals surface area contributed by atoms with Gasteiger partial charge < -0.3 is 10.1 Å². The van der Waals surface area contributed by atoms with Gasteiger partial charge in [0.15, 0.2) is 0 Å². The second-order valence-electron chi connectivity index (χ2n) is 3.59. The zero-order chi connectivity index (χ0) is 11.3. The Morgan fingerprint density at radius 1 is 1.40 bits per heavy atom. The van der Waals surface area contributed by atoms with E-state index < -0.39 is 0 Å². The van der Waals surface area contributed by atoms with Gasteiger partial charge in [0, 0.05) is 7.11 Å². The molecule has 0 aliphatic rings. The van der Waals surface area contributed by atoms with E-state index in [1.807, 2.05) is 13.8 Å². The van der Waals surface area contributed by atoms with Crippen LogP contribution in [0.2, 0.25) is 0 Å². The molecule has 84 valence electrons. The molecule has 4 nitrogen and oxygen atoms in total. The summed E-state index contributed by atoms with van der Waals surface area (Å²) in [6, 6.07) is 2.27. The summed E-state index contributed by atoms with van der Waals surface area (Å²) in [5.74, 6) is 0. The van der Waals surface area contributed by atoms with Crippen LogP contribution in [0.5, 0.6) is 0 Å². The summed E-state index contributed by atoms with van der Waals surface area (Å²) in [5, 5.41) is 11.5. The monoisotopic (exact) mass is 209 g/mol. The molecule has 0 saturated carbocycles. The van der Waals surface area contributed by atoms with Crippen molar-refractivity contribution in [3.05, 3.63) is 23.0 Å². The maximum atomic E-state index is 5.20. The van der Waals surface area contributed by atoms with Crippen LogP contribution in [0.3, 0.4) is 0 Å². The molecule has 0 radical (unpaired) electrons. The number of ether oxygens (including phenoxy) is 1. The summed E-state index contributed by atoms with van der Waals surface area (Å²) in [4.78, 5) is 0. The van der Waals surface area contributed by atoms with Crippen molar-refractivity contribution in [1.82, 2.24) is 15.5 Å². The Morgan fingerprint density at radius 3 is 2.73 bits per heavy atom. The molecule has 1 aromatic heterocycles. The minimum Gasteiger partial charge on any atom is -0.383 e. The maximum absolute atomic E-state index is 5.20. The minimum absolute atomic E-state index is 0.203. The Morgan fingerprint density at radius 2 is 2.13 bits per heavy atom. The number of aromatic nitrogens is 2. The molecule has 1 aromatic rings. The molecule has 0 aromatic carbocycles. The molecule has 0 fully saturated rings. The standard InChI is InChI=1S/C11H19N3O/c1-5-12-11(7-15-4)10-6-8(2)13-14-9(10)3/h6,11-12H,5,7H2,1-4H3. The third-order valence-corrected chi connectivity index (χ3v) is 2.30. The number of likely N-dealkylation sites (N-methyl/N-ethyl adjacent to an activating group) is 1. The molecule has 0 amide bonds. The van der Waals surface area contributed by atoms with Crippen molar-refractivity contribution < 1.29 is 4.74 Å². The summed E-state index contributed by atoms with van der Waals surface area (Å²) in [6.07, 6.45) is 0. The van der Waals surface area contributed by atoms with Crippen molar-refractivity contribution in [2.24, 2.45) is 0 Å². The van der Waals surface area contributed by atoms with Crippen molar-refractivity contribution in [2.75, 3.05) is 20.3 Å². The smallest absolute Gasteiger partial charge is 0.0658 e. The first-order valence-electron chi connectivity index (χ1n) is 5.22. The summed E-state index contributed by atoms with van der Waals surface area (Å²) < 4.78 is 5.20. The average Bonchev–Trinajstić information content (AvgIpc) is 2.21. The van der Waals surface area contributed by atoms with Gasteiger partial charge in [-0.05, 0) is 32.0 Å². The Bertz CT molecular complexity index is 309. The van der Waals surface area contributed by atoms with Crippen molar-refractivity contribution >= 4 is 0 Å². The number of aryl methyl sites for hydroxylation is 2. The number of rotatable bonds is 5. The summed E-state index contributed by atoms with van der Waals surface area (Å²) in [5.41, 5.74) is 3.07. The Kier molecular flexibility index (Phi) is 4.65. The maximum Gasteiger partial charge on any atom is 0.0658 e. The molecule has 1 atom stereocenters. The number of nitrogens with zero attached hydrogens (tertiary/aromatic N) is 2. The van der Waals surface area contributed by atoms with E-state index in [0.29, 0.717) is 6.61 Å². The molecule has 1 N–H and O–H groups in total. The van der Waals surface area contributed by atoms with E-state index in [9.17, 15) is 0 Å². The summed E-state index contributed by atoms with van der Waals surface area (Å²) in [6.45, 7) is 7.57. The van der Waals surface area contributed by atoms with Crippen LogP contribution in [0.25, 0.3) is 0 Å². The Labute approximate surface area is 91.1 Å². The van der Waals surface area contributed by atoms with Crippen LogP contribution in [-0.4, -0.2) is 30.5 Å². The van der Waals surface area contributed by atoms with Crippen LogP contribution in [-0.2, 0) is 4.74 Å². The molecule has 0 spiro atoms. The number of hydrogen-bond acceptors (Lipinski definition) is 4. The van der Waals surface area contributed by atoms with E-state index in [0.717, 1.165) is 17.9 Å². The van der Waals surface area contributed by atoms with Gasteiger partial charge in [-0.2, -0.15) is 10.2 Å². The SMILES string of the molecule is CCNC(COC)c1cc(C)nnc1C. The van der Waals surface area contributed by atoms with E-state index in [1.54, 1.807) is 7.11 Å². The predicted octanol–water partition coefficient (Wildman–Crippen LogP) is 1.39. The van der Waals surface area contributed by atoms with Crippen molar-refractivity contribution in [3.63, 3.8) is 0 Å². The predicted molar refractivity (Wildman–Crippen MR) is 59.8 cm³/mol. The molecule has 4 heteroatoms. The van der Waals surface area contributed by atoms with Gasteiger partial charge in [-0.15, -0.1) is 0 Å². The second kappa shape index (κ2) is 5.78. The van der Waals surface area contributed by atoms with Crippen LogP contribution >= 0.6 is 0 Å². The fraction of sp³-hybridized carbons (Fsp3) is 0.636. The van der Waals surface area contributed by atoms with Crippen molar-refractivity contribution in [2.45, 2.75) is 26.8 Å². The topological polar surface area (TPSA) is 47.0 Å². The number of hydrogen-bond donors (Lipinski definition) is 1. The molecule has 0 saturated heterocycles. The lowest BCUT2D eigenvalue weighted by Crippen LogP contribution is -2.26. The van der Waals surface area contributed by atoms with Gasteiger partial charge in [0.25, 0.3) is 0 Å². The van der Waals surface area contributed by atoms with E-state index in [4.69, 9.17) is 4.74 Å². The Balaban J connectivity index is 2.93. The molecule has 1 heterocycles. The zero-order valence-electron chi connectivity index (χ0n) is 9.87. The van der Waals surface area contributed by atoms with Gasteiger partial charge >= 0.3 is 0 Å². The Hall–Kier alpha value is -1.00. The van der Waals surface area contributed by atoms with Gasteiger partial charge in [0.05, 0.1) is 24.0 Å². The minimum atomic E-state index is 0.203.